The first-order chi connectivity index (χ1) is 16.4. The number of anilines is 1. The molecular weight excluding hydrogens is 522 g/mol. The fraction of sp³-hybridized carbons (Fsp3) is 0.160. The molecule has 0 atom stereocenters. The van der Waals surface area contributed by atoms with Crippen molar-refractivity contribution in [2.75, 3.05) is 11.9 Å². The molecule has 9 heteroatoms. The molecule has 176 valence electrons. The summed E-state index contributed by atoms with van der Waals surface area (Å²) in [4.78, 5) is 24.2. The van der Waals surface area contributed by atoms with Crippen LogP contribution in [0.1, 0.15) is 23.6 Å². The van der Waals surface area contributed by atoms with Gasteiger partial charge in [-0.05, 0) is 79.1 Å². The quantitative estimate of drug-likeness (QED) is 0.223. The minimum absolute atomic E-state index is 0.388. The van der Waals surface area contributed by atoms with Gasteiger partial charge in [0.25, 0.3) is 0 Å². The van der Waals surface area contributed by atoms with Gasteiger partial charge in [0.2, 0.25) is 0 Å². The van der Waals surface area contributed by atoms with Crippen LogP contribution in [0.4, 0.5) is 5.69 Å². The van der Waals surface area contributed by atoms with Gasteiger partial charge in [0.1, 0.15) is 6.61 Å². The Kier molecular flexibility index (Phi) is 9.07. The van der Waals surface area contributed by atoms with Crippen molar-refractivity contribution in [3.63, 3.8) is 0 Å². The van der Waals surface area contributed by atoms with E-state index in [9.17, 15) is 9.59 Å². The Hall–Kier alpha value is -3.36. The minimum atomic E-state index is -0.898. The van der Waals surface area contributed by atoms with E-state index in [0.717, 1.165) is 15.6 Å². The van der Waals surface area contributed by atoms with Crippen molar-refractivity contribution < 1.29 is 19.1 Å². The number of rotatable bonds is 8. The van der Waals surface area contributed by atoms with Crippen molar-refractivity contribution in [3.05, 3.63) is 86.8 Å². The summed E-state index contributed by atoms with van der Waals surface area (Å²) in [5, 5.41) is 6.94. The van der Waals surface area contributed by atoms with Gasteiger partial charge < -0.3 is 14.8 Å². The fourth-order valence-corrected chi connectivity index (χ4v) is 3.39. The molecule has 0 saturated carbocycles. The maximum atomic E-state index is 12.1. The molecule has 0 spiro atoms. The van der Waals surface area contributed by atoms with Crippen LogP contribution >= 0.6 is 27.5 Å². The Morgan fingerprint density at radius 3 is 2.47 bits per heavy atom. The number of ether oxygens (including phenoxy) is 2. The summed E-state index contributed by atoms with van der Waals surface area (Å²) in [7, 11) is 0. The maximum Gasteiger partial charge on any atom is 0.329 e. The average Bonchev–Trinajstić information content (AvgIpc) is 2.81. The Morgan fingerprint density at radius 1 is 1.00 bits per heavy atom. The molecule has 7 nitrogen and oxygen atoms in total. The summed E-state index contributed by atoms with van der Waals surface area (Å²) < 4.78 is 12.6. The lowest BCUT2D eigenvalue weighted by molar-refractivity contribution is -0.136. The van der Waals surface area contributed by atoms with E-state index < -0.39 is 11.8 Å². The van der Waals surface area contributed by atoms with Crippen molar-refractivity contribution in [2.24, 2.45) is 5.10 Å². The highest BCUT2D eigenvalue weighted by atomic mass is 79.9. The summed E-state index contributed by atoms with van der Waals surface area (Å²) >= 11 is 9.32. The number of nitrogens with one attached hydrogen (secondary N) is 2. The van der Waals surface area contributed by atoms with E-state index in [1.54, 1.807) is 43.3 Å². The standard InChI is InChI=1S/C25H23BrClN3O4/c1-3-33-23-13-18(6-11-22(23)34-15-17-4-7-19(26)8-5-17)14-28-30-25(32)24(31)29-21-10-9-20(27)12-16(21)2/h4-14H,3,15H2,1-2H3,(H,29,31)(H,30,32)/b28-14+. The van der Waals surface area contributed by atoms with Crippen LogP contribution in [0.15, 0.2) is 70.2 Å². The fourth-order valence-electron chi connectivity index (χ4n) is 2.90. The van der Waals surface area contributed by atoms with E-state index in [2.05, 4.69) is 31.8 Å². The van der Waals surface area contributed by atoms with Gasteiger partial charge >= 0.3 is 11.8 Å². The first kappa shape index (κ1) is 25.3. The first-order valence-corrected chi connectivity index (χ1v) is 11.6. The Bertz CT molecular complexity index is 1200. The molecule has 0 saturated heterocycles. The Balaban J connectivity index is 1.59. The SMILES string of the molecule is CCOc1cc(/C=N/NC(=O)C(=O)Nc2ccc(Cl)cc2C)ccc1OCc1ccc(Br)cc1. The van der Waals surface area contributed by atoms with Crippen LogP contribution in [-0.4, -0.2) is 24.6 Å². The number of amides is 2. The van der Waals surface area contributed by atoms with E-state index in [4.69, 9.17) is 21.1 Å². The number of hydrazone groups is 1. The molecule has 0 aromatic heterocycles. The van der Waals surface area contributed by atoms with Gasteiger partial charge in [-0.15, -0.1) is 0 Å². The molecule has 0 aliphatic carbocycles. The summed E-state index contributed by atoms with van der Waals surface area (Å²) in [5.41, 5.74) is 5.13. The Labute approximate surface area is 211 Å². The minimum Gasteiger partial charge on any atom is -0.490 e. The van der Waals surface area contributed by atoms with Gasteiger partial charge in [0.15, 0.2) is 11.5 Å². The molecule has 3 rings (SSSR count). The van der Waals surface area contributed by atoms with Gasteiger partial charge in [0, 0.05) is 15.2 Å². The van der Waals surface area contributed by atoms with Crippen molar-refractivity contribution in [1.82, 2.24) is 5.43 Å². The van der Waals surface area contributed by atoms with Crippen LogP contribution in [0.3, 0.4) is 0 Å². The molecule has 34 heavy (non-hydrogen) atoms. The zero-order valence-corrected chi connectivity index (χ0v) is 20.9. The molecule has 0 fully saturated rings. The third-order valence-electron chi connectivity index (χ3n) is 4.60. The molecule has 3 aromatic carbocycles. The lowest BCUT2D eigenvalue weighted by Crippen LogP contribution is -2.32. The van der Waals surface area contributed by atoms with Gasteiger partial charge in [-0.3, -0.25) is 9.59 Å². The lowest BCUT2D eigenvalue weighted by atomic mass is 10.2. The number of nitrogens with zero attached hydrogens (tertiary/aromatic N) is 1. The maximum absolute atomic E-state index is 12.1. The smallest absolute Gasteiger partial charge is 0.329 e. The van der Waals surface area contributed by atoms with Crippen LogP contribution in [0.5, 0.6) is 11.5 Å². The number of carbonyl (C=O) groups is 2. The van der Waals surface area contributed by atoms with Crippen LogP contribution in [0.25, 0.3) is 0 Å². The predicted molar refractivity (Wildman–Crippen MR) is 137 cm³/mol. The largest absolute Gasteiger partial charge is 0.490 e. The topological polar surface area (TPSA) is 89.0 Å². The molecule has 0 radical (unpaired) electrons. The number of carbonyl (C=O) groups excluding carboxylic acids is 2. The van der Waals surface area contributed by atoms with Gasteiger partial charge in [-0.25, -0.2) is 5.43 Å². The van der Waals surface area contributed by atoms with E-state index in [0.29, 0.717) is 41.0 Å². The molecule has 0 unspecified atom stereocenters. The molecule has 3 aromatic rings. The number of hydrogen-bond acceptors (Lipinski definition) is 5. The summed E-state index contributed by atoms with van der Waals surface area (Å²) in [6, 6.07) is 18.1. The zero-order chi connectivity index (χ0) is 24.5. The van der Waals surface area contributed by atoms with Crippen LogP contribution < -0.4 is 20.2 Å². The number of halogens is 2. The summed E-state index contributed by atoms with van der Waals surface area (Å²) in [5.74, 6) is -0.603. The molecule has 0 aliphatic heterocycles. The highest BCUT2D eigenvalue weighted by Gasteiger charge is 2.14. The molecular formula is C25H23BrClN3O4. The molecule has 0 heterocycles. The first-order valence-electron chi connectivity index (χ1n) is 10.4. The second-order valence-corrected chi connectivity index (χ2v) is 8.52. The molecule has 0 bridgehead atoms. The van der Waals surface area contributed by atoms with E-state index >= 15 is 0 Å². The highest BCUT2D eigenvalue weighted by molar-refractivity contribution is 9.10. The van der Waals surface area contributed by atoms with E-state index in [1.807, 2.05) is 31.2 Å². The second kappa shape index (κ2) is 12.2. The lowest BCUT2D eigenvalue weighted by Gasteiger charge is -2.12. The van der Waals surface area contributed by atoms with Crippen molar-refractivity contribution in [3.8, 4) is 11.5 Å². The Morgan fingerprint density at radius 2 is 1.76 bits per heavy atom. The van der Waals surface area contributed by atoms with Crippen molar-refractivity contribution in [1.29, 1.82) is 0 Å². The van der Waals surface area contributed by atoms with Crippen LogP contribution in [-0.2, 0) is 16.2 Å². The summed E-state index contributed by atoms with van der Waals surface area (Å²) in [6.45, 7) is 4.50. The van der Waals surface area contributed by atoms with Crippen LogP contribution in [0.2, 0.25) is 5.02 Å². The third-order valence-corrected chi connectivity index (χ3v) is 5.36. The summed E-state index contributed by atoms with van der Waals surface area (Å²) in [6.07, 6.45) is 1.42. The average molecular weight is 545 g/mol. The number of aryl methyl sites for hydroxylation is 1. The second-order valence-electron chi connectivity index (χ2n) is 7.17. The van der Waals surface area contributed by atoms with E-state index in [-0.39, 0.29) is 0 Å². The molecule has 2 N–H and O–H groups in total. The van der Waals surface area contributed by atoms with Gasteiger partial charge in [0.05, 0.1) is 12.8 Å². The number of benzene rings is 3. The predicted octanol–water partition coefficient (Wildman–Crippen LogP) is 5.48. The zero-order valence-electron chi connectivity index (χ0n) is 18.6. The van der Waals surface area contributed by atoms with E-state index in [1.165, 1.54) is 6.21 Å². The normalized spacial score (nSPS) is 10.7. The molecule has 2 amide bonds. The molecule has 0 aliphatic rings. The third kappa shape index (κ3) is 7.33. The van der Waals surface area contributed by atoms with Crippen molar-refractivity contribution >= 4 is 51.2 Å². The highest BCUT2D eigenvalue weighted by Crippen LogP contribution is 2.29. The van der Waals surface area contributed by atoms with Crippen molar-refractivity contribution in [2.45, 2.75) is 20.5 Å². The van der Waals surface area contributed by atoms with Crippen LogP contribution in [0, 0.1) is 6.92 Å². The van der Waals surface area contributed by atoms with Gasteiger partial charge in [-0.1, -0.05) is 39.7 Å². The van der Waals surface area contributed by atoms with Gasteiger partial charge in [-0.2, -0.15) is 5.10 Å². The monoisotopic (exact) mass is 543 g/mol. The number of hydrogen-bond donors (Lipinski definition) is 2.